The van der Waals surface area contributed by atoms with Crippen molar-refractivity contribution in [2.75, 3.05) is 25.5 Å². The number of nitrogens with one attached hydrogen (secondary N) is 2. The highest BCUT2D eigenvalue weighted by Crippen LogP contribution is 2.25. The molecule has 8 nitrogen and oxygen atoms in total. The number of anilines is 1. The standard InChI is InChI=1S/C23H25N7O/c1-31-19-8-7-17(13-24-19)21-28-20-22(25-15-26-23(20)29-21)27-18-9-11-30(12-10-18)14-16-5-3-2-4-6-16/h2-8,13,15,18H,9-12,14H2,1H3,(H2,25,26,27,28,29). The zero-order chi connectivity index (χ0) is 21.0. The molecule has 0 bridgehead atoms. The quantitative estimate of drug-likeness (QED) is 0.498. The number of piperidine rings is 1. The van der Waals surface area contributed by atoms with Crippen molar-refractivity contribution in [3.8, 4) is 17.3 Å². The first-order valence-electron chi connectivity index (χ1n) is 10.5. The molecule has 158 valence electrons. The van der Waals surface area contributed by atoms with E-state index in [2.05, 4.69) is 65.5 Å². The van der Waals surface area contributed by atoms with E-state index in [1.807, 2.05) is 12.1 Å². The van der Waals surface area contributed by atoms with Gasteiger partial charge in [-0.3, -0.25) is 4.90 Å². The van der Waals surface area contributed by atoms with Gasteiger partial charge in [0.1, 0.15) is 17.7 Å². The monoisotopic (exact) mass is 415 g/mol. The second-order valence-electron chi connectivity index (χ2n) is 7.78. The SMILES string of the molecule is COc1ccc(-c2nc3ncnc(NC4CCN(Cc5ccccc5)CC4)c3[nH]2)cn1. The second kappa shape index (κ2) is 8.69. The molecule has 0 atom stereocenters. The molecule has 0 amide bonds. The molecular formula is C23H25N7O. The lowest BCUT2D eigenvalue weighted by Crippen LogP contribution is -2.38. The molecule has 0 radical (unpaired) electrons. The Kier molecular flexibility index (Phi) is 5.45. The largest absolute Gasteiger partial charge is 0.481 e. The fourth-order valence-electron chi connectivity index (χ4n) is 3.99. The molecule has 31 heavy (non-hydrogen) atoms. The highest BCUT2D eigenvalue weighted by atomic mass is 16.5. The van der Waals surface area contributed by atoms with E-state index >= 15 is 0 Å². The summed E-state index contributed by atoms with van der Waals surface area (Å²) in [7, 11) is 1.60. The van der Waals surface area contributed by atoms with Gasteiger partial charge in [-0.2, -0.15) is 0 Å². The average molecular weight is 416 g/mol. The summed E-state index contributed by atoms with van der Waals surface area (Å²) in [5.41, 5.74) is 3.70. The Morgan fingerprint density at radius 1 is 1.06 bits per heavy atom. The van der Waals surface area contributed by atoms with Gasteiger partial charge in [-0.05, 0) is 24.5 Å². The lowest BCUT2D eigenvalue weighted by Gasteiger charge is -2.32. The van der Waals surface area contributed by atoms with Crippen molar-refractivity contribution in [2.24, 2.45) is 0 Å². The van der Waals surface area contributed by atoms with Crippen LogP contribution in [0.5, 0.6) is 5.88 Å². The zero-order valence-electron chi connectivity index (χ0n) is 17.5. The van der Waals surface area contributed by atoms with Gasteiger partial charge in [0.25, 0.3) is 0 Å². The summed E-state index contributed by atoms with van der Waals surface area (Å²) in [6.45, 7) is 3.13. The molecule has 1 aromatic carbocycles. The van der Waals surface area contributed by atoms with Crippen LogP contribution in [-0.2, 0) is 6.54 Å². The number of pyridine rings is 1. The third kappa shape index (κ3) is 4.34. The van der Waals surface area contributed by atoms with Gasteiger partial charge in [-0.1, -0.05) is 30.3 Å². The summed E-state index contributed by atoms with van der Waals surface area (Å²) in [5, 5.41) is 3.61. The van der Waals surface area contributed by atoms with Crippen molar-refractivity contribution < 1.29 is 4.74 Å². The first-order valence-corrected chi connectivity index (χ1v) is 10.5. The summed E-state index contributed by atoms with van der Waals surface area (Å²) < 4.78 is 5.13. The molecule has 4 aromatic rings. The summed E-state index contributed by atoms with van der Waals surface area (Å²) in [5.74, 6) is 2.08. The summed E-state index contributed by atoms with van der Waals surface area (Å²) in [6, 6.07) is 14.8. The zero-order valence-corrected chi connectivity index (χ0v) is 17.5. The van der Waals surface area contributed by atoms with Crippen molar-refractivity contribution in [3.05, 3.63) is 60.6 Å². The van der Waals surface area contributed by atoms with Crippen LogP contribution in [0.4, 0.5) is 5.82 Å². The smallest absolute Gasteiger partial charge is 0.212 e. The predicted octanol–water partition coefficient (Wildman–Crippen LogP) is 3.50. The van der Waals surface area contributed by atoms with Gasteiger partial charge in [0, 0.05) is 43.5 Å². The van der Waals surface area contributed by atoms with Gasteiger partial charge in [0.05, 0.1) is 7.11 Å². The number of rotatable bonds is 6. The minimum absolute atomic E-state index is 0.375. The molecule has 0 unspecified atom stereocenters. The molecule has 3 aromatic heterocycles. The number of likely N-dealkylation sites (tertiary alicyclic amines) is 1. The summed E-state index contributed by atoms with van der Waals surface area (Å²) in [4.78, 5) is 23.5. The minimum atomic E-state index is 0.375. The Balaban J connectivity index is 1.27. The molecule has 1 saturated heterocycles. The lowest BCUT2D eigenvalue weighted by molar-refractivity contribution is 0.211. The molecule has 1 aliphatic rings. The van der Waals surface area contributed by atoms with Gasteiger partial charge in [-0.15, -0.1) is 0 Å². The maximum atomic E-state index is 5.13. The highest BCUT2D eigenvalue weighted by molar-refractivity contribution is 5.85. The number of hydrogen-bond acceptors (Lipinski definition) is 7. The van der Waals surface area contributed by atoms with E-state index < -0.39 is 0 Å². The molecule has 1 fully saturated rings. The average Bonchev–Trinajstić information content (AvgIpc) is 3.27. The van der Waals surface area contributed by atoms with Crippen molar-refractivity contribution in [3.63, 3.8) is 0 Å². The summed E-state index contributed by atoms with van der Waals surface area (Å²) >= 11 is 0. The van der Waals surface area contributed by atoms with Gasteiger partial charge >= 0.3 is 0 Å². The minimum Gasteiger partial charge on any atom is -0.481 e. The number of H-pyrrole nitrogens is 1. The normalized spacial score (nSPS) is 15.3. The Bertz CT molecular complexity index is 1140. The van der Waals surface area contributed by atoms with E-state index in [1.165, 1.54) is 5.56 Å². The highest BCUT2D eigenvalue weighted by Gasteiger charge is 2.21. The predicted molar refractivity (Wildman–Crippen MR) is 120 cm³/mol. The van der Waals surface area contributed by atoms with Crippen LogP contribution in [0.15, 0.2) is 55.0 Å². The number of imidazole rings is 1. The van der Waals surface area contributed by atoms with Gasteiger partial charge in [0.15, 0.2) is 11.5 Å². The molecule has 2 N–H and O–H groups in total. The fraction of sp³-hybridized carbons (Fsp3) is 0.304. The topological polar surface area (TPSA) is 91.9 Å². The number of nitrogens with zero attached hydrogens (tertiary/aromatic N) is 5. The third-order valence-corrected chi connectivity index (χ3v) is 5.68. The molecule has 4 heterocycles. The van der Waals surface area contributed by atoms with Crippen LogP contribution in [0.3, 0.4) is 0 Å². The van der Waals surface area contributed by atoms with E-state index in [0.29, 0.717) is 23.4 Å². The van der Waals surface area contributed by atoms with E-state index in [1.54, 1.807) is 19.6 Å². The van der Waals surface area contributed by atoms with Crippen molar-refractivity contribution in [1.82, 2.24) is 29.8 Å². The van der Waals surface area contributed by atoms with Crippen LogP contribution in [-0.4, -0.2) is 56.1 Å². The van der Waals surface area contributed by atoms with E-state index in [9.17, 15) is 0 Å². The van der Waals surface area contributed by atoms with Crippen molar-refractivity contribution in [1.29, 1.82) is 0 Å². The molecule has 8 heteroatoms. The molecular weight excluding hydrogens is 390 g/mol. The Morgan fingerprint density at radius 2 is 1.90 bits per heavy atom. The van der Waals surface area contributed by atoms with Crippen LogP contribution < -0.4 is 10.1 Å². The van der Waals surface area contributed by atoms with Gasteiger partial charge in [-0.25, -0.2) is 19.9 Å². The van der Waals surface area contributed by atoms with Crippen LogP contribution in [0.2, 0.25) is 0 Å². The van der Waals surface area contributed by atoms with E-state index in [-0.39, 0.29) is 0 Å². The Morgan fingerprint density at radius 3 is 2.65 bits per heavy atom. The van der Waals surface area contributed by atoms with Crippen LogP contribution in [0.25, 0.3) is 22.6 Å². The number of fused-ring (bicyclic) bond motifs is 1. The molecule has 1 aliphatic heterocycles. The third-order valence-electron chi connectivity index (χ3n) is 5.68. The van der Waals surface area contributed by atoms with Gasteiger partial charge in [0.2, 0.25) is 5.88 Å². The van der Waals surface area contributed by atoms with Crippen LogP contribution >= 0.6 is 0 Å². The molecule has 0 aliphatic carbocycles. The van der Waals surface area contributed by atoms with E-state index in [0.717, 1.165) is 49.4 Å². The second-order valence-corrected chi connectivity index (χ2v) is 7.78. The number of aromatic amines is 1. The maximum Gasteiger partial charge on any atom is 0.212 e. The van der Waals surface area contributed by atoms with Gasteiger partial charge < -0.3 is 15.0 Å². The van der Waals surface area contributed by atoms with Crippen molar-refractivity contribution >= 4 is 17.0 Å². The van der Waals surface area contributed by atoms with Crippen molar-refractivity contribution in [2.45, 2.75) is 25.4 Å². The Labute approximate surface area is 180 Å². The molecule has 5 rings (SSSR count). The number of ether oxygens (including phenoxy) is 1. The molecule has 0 spiro atoms. The van der Waals surface area contributed by atoms with Crippen LogP contribution in [0.1, 0.15) is 18.4 Å². The number of hydrogen-bond donors (Lipinski definition) is 2. The number of aromatic nitrogens is 5. The van der Waals surface area contributed by atoms with Crippen LogP contribution in [0, 0.1) is 0 Å². The number of methoxy groups -OCH3 is 1. The van der Waals surface area contributed by atoms with E-state index in [4.69, 9.17) is 4.74 Å². The molecule has 0 saturated carbocycles. The fourth-order valence-corrected chi connectivity index (χ4v) is 3.99. The summed E-state index contributed by atoms with van der Waals surface area (Å²) in [6.07, 6.45) is 5.44. The Hall–Kier alpha value is -3.52. The number of benzene rings is 1. The maximum absolute atomic E-state index is 5.13. The lowest BCUT2D eigenvalue weighted by atomic mass is 10.0. The first-order chi connectivity index (χ1) is 15.3. The first kappa shape index (κ1) is 19.4.